The number of benzene rings is 2. The number of aromatic nitrogens is 2. The molecule has 0 amide bonds. The molecular formula is C22H9ClF5N3O. The lowest BCUT2D eigenvalue weighted by Crippen LogP contribution is -2.09. The maximum Gasteiger partial charge on any atom is 0.433 e. The van der Waals surface area contributed by atoms with Crippen LogP contribution < -0.4 is 5.43 Å². The Bertz CT molecular complexity index is 1490. The molecule has 1 N–H and O–H groups in total. The van der Waals surface area contributed by atoms with Crippen LogP contribution in [-0.2, 0) is 6.18 Å². The lowest BCUT2D eigenvalue weighted by atomic mass is 10.00. The van der Waals surface area contributed by atoms with E-state index in [4.69, 9.17) is 16.9 Å². The molecule has 32 heavy (non-hydrogen) atoms. The summed E-state index contributed by atoms with van der Waals surface area (Å²) in [6.45, 7) is 0. The lowest BCUT2D eigenvalue weighted by Gasteiger charge is -2.12. The second-order valence-corrected chi connectivity index (χ2v) is 7.16. The first-order valence-corrected chi connectivity index (χ1v) is 9.26. The largest absolute Gasteiger partial charge is 0.433 e. The first-order valence-electron chi connectivity index (χ1n) is 8.89. The number of nitriles is 1. The van der Waals surface area contributed by atoms with Crippen LogP contribution in [0.15, 0.2) is 53.5 Å². The first kappa shape index (κ1) is 21.5. The molecule has 2 aromatic carbocycles. The number of aromatic amines is 1. The molecule has 0 aliphatic carbocycles. The van der Waals surface area contributed by atoms with Crippen molar-refractivity contribution in [2.24, 2.45) is 0 Å². The summed E-state index contributed by atoms with van der Waals surface area (Å²) in [5.41, 5.74) is -2.99. The number of hydrogen-bond donors (Lipinski definition) is 1. The van der Waals surface area contributed by atoms with Gasteiger partial charge in [-0.3, -0.25) is 9.78 Å². The van der Waals surface area contributed by atoms with Gasteiger partial charge in [0.2, 0.25) is 0 Å². The minimum Gasteiger partial charge on any atom is -0.354 e. The quantitative estimate of drug-likeness (QED) is 0.368. The second-order valence-electron chi connectivity index (χ2n) is 6.75. The van der Waals surface area contributed by atoms with Crippen LogP contribution in [0, 0.1) is 23.0 Å². The monoisotopic (exact) mass is 461 g/mol. The van der Waals surface area contributed by atoms with Gasteiger partial charge in [0.15, 0.2) is 5.43 Å². The van der Waals surface area contributed by atoms with Gasteiger partial charge in [-0.2, -0.15) is 18.4 Å². The fraction of sp³-hybridized carbons (Fsp3) is 0.0455. The number of H-pyrrole nitrogens is 1. The molecule has 0 atom stereocenters. The number of hydrogen-bond acceptors (Lipinski definition) is 3. The number of halogens is 6. The molecule has 0 unspecified atom stereocenters. The fourth-order valence-electron chi connectivity index (χ4n) is 3.30. The Morgan fingerprint density at radius 1 is 1.06 bits per heavy atom. The summed E-state index contributed by atoms with van der Waals surface area (Å²) in [5, 5.41) is 8.72. The van der Waals surface area contributed by atoms with E-state index < -0.39 is 45.4 Å². The molecule has 4 nitrogen and oxygen atoms in total. The van der Waals surface area contributed by atoms with Gasteiger partial charge in [-0.25, -0.2) is 8.78 Å². The molecule has 4 rings (SSSR count). The summed E-state index contributed by atoms with van der Waals surface area (Å²) in [5.74, 6) is -2.50. The van der Waals surface area contributed by atoms with Crippen molar-refractivity contribution in [3.63, 3.8) is 0 Å². The van der Waals surface area contributed by atoms with E-state index >= 15 is 4.39 Å². The average Bonchev–Trinajstić information content (AvgIpc) is 2.73. The van der Waals surface area contributed by atoms with Crippen molar-refractivity contribution in [2.75, 3.05) is 0 Å². The van der Waals surface area contributed by atoms with Crippen molar-refractivity contribution in [2.45, 2.75) is 6.18 Å². The van der Waals surface area contributed by atoms with Gasteiger partial charge in [0.05, 0.1) is 33.8 Å². The van der Waals surface area contributed by atoms with E-state index in [9.17, 15) is 22.4 Å². The standard InChI is InChI=1S/C22H9ClF5N3O/c23-13-2-1-10(9-29)5-12(13)15-8-17(32)20-16(31-15)7-14(24)19(21(20)25)11-3-4-30-18(6-11)22(26,27)28/h1-8H,(H,31,32). The van der Waals surface area contributed by atoms with Crippen LogP contribution in [0.1, 0.15) is 11.3 Å². The van der Waals surface area contributed by atoms with E-state index in [-0.39, 0.29) is 27.4 Å². The van der Waals surface area contributed by atoms with E-state index in [0.717, 1.165) is 24.4 Å². The Morgan fingerprint density at radius 2 is 1.81 bits per heavy atom. The highest BCUT2D eigenvalue weighted by Crippen LogP contribution is 2.35. The number of nitrogens with zero attached hydrogens (tertiary/aromatic N) is 2. The van der Waals surface area contributed by atoms with Crippen LogP contribution in [0.2, 0.25) is 5.02 Å². The highest BCUT2D eigenvalue weighted by Gasteiger charge is 2.33. The van der Waals surface area contributed by atoms with Crippen molar-refractivity contribution in [3.8, 4) is 28.5 Å². The molecule has 0 radical (unpaired) electrons. The number of pyridine rings is 2. The Balaban J connectivity index is 1.95. The molecule has 2 heterocycles. The topological polar surface area (TPSA) is 69.5 Å². The number of nitrogens with one attached hydrogen (secondary N) is 1. The summed E-state index contributed by atoms with van der Waals surface area (Å²) in [7, 11) is 0. The Morgan fingerprint density at radius 3 is 2.50 bits per heavy atom. The van der Waals surface area contributed by atoms with Gasteiger partial charge in [0.1, 0.15) is 17.3 Å². The summed E-state index contributed by atoms with van der Waals surface area (Å²) >= 11 is 6.13. The zero-order valence-corrected chi connectivity index (χ0v) is 16.4. The molecule has 10 heteroatoms. The van der Waals surface area contributed by atoms with Crippen LogP contribution in [0.3, 0.4) is 0 Å². The third kappa shape index (κ3) is 3.69. The van der Waals surface area contributed by atoms with E-state index in [2.05, 4.69) is 9.97 Å². The van der Waals surface area contributed by atoms with Crippen molar-refractivity contribution < 1.29 is 22.0 Å². The van der Waals surface area contributed by atoms with E-state index in [1.54, 1.807) is 0 Å². The summed E-state index contributed by atoms with van der Waals surface area (Å²) in [4.78, 5) is 18.6. The lowest BCUT2D eigenvalue weighted by molar-refractivity contribution is -0.141. The fourth-order valence-corrected chi connectivity index (χ4v) is 3.51. The Labute approximate surface area is 181 Å². The number of rotatable bonds is 2. The van der Waals surface area contributed by atoms with Gasteiger partial charge >= 0.3 is 6.18 Å². The van der Waals surface area contributed by atoms with Gasteiger partial charge in [-0.1, -0.05) is 11.6 Å². The molecule has 2 aromatic heterocycles. The van der Waals surface area contributed by atoms with Crippen LogP contribution >= 0.6 is 11.6 Å². The smallest absolute Gasteiger partial charge is 0.354 e. The molecule has 0 aliphatic heterocycles. The van der Waals surface area contributed by atoms with E-state index in [0.29, 0.717) is 6.07 Å². The van der Waals surface area contributed by atoms with E-state index in [1.807, 2.05) is 6.07 Å². The zero-order valence-electron chi connectivity index (χ0n) is 15.7. The van der Waals surface area contributed by atoms with Crippen molar-refractivity contribution >= 4 is 22.5 Å². The molecule has 0 aliphatic rings. The SMILES string of the molecule is N#Cc1ccc(Cl)c(-c2cc(=O)c3c(F)c(-c4ccnc(C(F)(F)F)c4)c(F)cc3[nH]2)c1. The second kappa shape index (κ2) is 7.73. The predicted octanol–water partition coefficient (Wildman–Crippen LogP) is 6.08. The third-order valence-corrected chi connectivity index (χ3v) is 5.06. The summed E-state index contributed by atoms with van der Waals surface area (Å²) < 4.78 is 68.9. The summed E-state index contributed by atoms with van der Waals surface area (Å²) in [6, 6.07) is 9.56. The van der Waals surface area contributed by atoms with Crippen molar-refractivity contribution in [3.05, 3.63) is 86.8 Å². The Hall–Kier alpha value is -3.77. The normalized spacial score (nSPS) is 11.5. The van der Waals surface area contributed by atoms with Crippen molar-refractivity contribution in [1.29, 1.82) is 5.26 Å². The minimum atomic E-state index is -4.82. The van der Waals surface area contributed by atoms with Gasteiger partial charge in [0.25, 0.3) is 0 Å². The maximum atomic E-state index is 15.2. The third-order valence-electron chi connectivity index (χ3n) is 4.73. The molecule has 4 aromatic rings. The van der Waals surface area contributed by atoms with Gasteiger partial charge in [-0.05, 0) is 42.0 Å². The molecule has 0 saturated heterocycles. The molecule has 0 fully saturated rings. The van der Waals surface area contributed by atoms with Gasteiger partial charge < -0.3 is 4.98 Å². The van der Waals surface area contributed by atoms with Crippen LogP contribution in [0.5, 0.6) is 0 Å². The minimum absolute atomic E-state index is 0.111. The predicted molar refractivity (Wildman–Crippen MR) is 108 cm³/mol. The number of alkyl halides is 3. The zero-order chi connectivity index (χ0) is 23.2. The molecule has 0 saturated carbocycles. The van der Waals surface area contributed by atoms with E-state index in [1.165, 1.54) is 18.2 Å². The van der Waals surface area contributed by atoms with Crippen molar-refractivity contribution in [1.82, 2.24) is 9.97 Å². The van der Waals surface area contributed by atoms with Gasteiger partial charge in [0, 0.05) is 22.8 Å². The Kier molecular flexibility index (Phi) is 5.18. The molecular weight excluding hydrogens is 453 g/mol. The molecule has 0 bridgehead atoms. The van der Waals surface area contributed by atoms with Crippen LogP contribution in [-0.4, -0.2) is 9.97 Å². The molecule has 160 valence electrons. The summed E-state index contributed by atoms with van der Waals surface area (Å²) in [6.07, 6.45) is -4.04. The van der Waals surface area contributed by atoms with Crippen LogP contribution in [0.25, 0.3) is 33.3 Å². The number of fused-ring (bicyclic) bond motifs is 1. The maximum absolute atomic E-state index is 15.2. The highest BCUT2D eigenvalue weighted by molar-refractivity contribution is 6.33. The average molecular weight is 462 g/mol. The molecule has 0 spiro atoms. The highest BCUT2D eigenvalue weighted by atomic mass is 35.5. The van der Waals surface area contributed by atoms with Crippen LogP contribution in [0.4, 0.5) is 22.0 Å². The first-order chi connectivity index (χ1) is 15.1. The van der Waals surface area contributed by atoms with Gasteiger partial charge in [-0.15, -0.1) is 0 Å².